The van der Waals surface area contributed by atoms with Crippen molar-refractivity contribution in [2.45, 2.75) is 24.7 Å². The first kappa shape index (κ1) is 16.1. The van der Waals surface area contributed by atoms with Crippen molar-refractivity contribution in [1.29, 1.82) is 0 Å². The van der Waals surface area contributed by atoms with Crippen molar-refractivity contribution in [3.05, 3.63) is 29.8 Å². The van der Waals surface area contributed by atoms with Crippen LogP contribution in [0.2, 0.25) is 0 Å². The number of nitrogens with one attached hydrogen (secondary N) is 1. The minimum atomic E-state index is -3.13. The van der Waals surface area contributed by atoms with Gasteiger partial charge < -0.3 is 10.1 Å². The minimum absolute atomic E-state index is 0.210. The van der Waals surface area contributed by atoms with E-state index < -0.39 is 9.84 Å². The molecule has 1 rings (SSSR count). The average Bonchev–Trinajstić information content (AvgIpc) is 2.38. The Bertz CT molecular complexity index is 454. The van der Waals surface area contributed by atoms with Crippen molar-refractivity contribution in [2.24, 2.45) is 0 Å². The van der Waals surface area contributed by atoms with E-state index in [0.717, 1.165) is 25.1 Å². The lowest BCUT2D eigenvalue weighted by molar-refractivity contribution is 0.199. The summed E-state index contributed by atoms with van der Waals surface area (Å²) in [6, 6.07) is 7.03. The molecule has 0 fully saturated rings. The number of methoxy groups -OCH3 is 1. The largest absolute Gasteiger partial charge is 0.383 e. The molecule has 0 aliphatic carbocycles. The Hall–Kier alpha value is -0.910. The highest BCUT2D eigenvalue weighted by atomic mass is 32.2. The van der Waals surface area contributed by atoms with E-state index in [1.165, 1.54) is 0 Å². The summed E-state index contributed by atoms with van der Waals surface area (Å²) in [5.74, 6) is 0.210. The zero-order valence-electron chi connectivity index (χ0n) is 11.7. The number of sulfone groups is 1. The number of benzene rings is 1. The lowest BCUT2D eigenvalue weighted by Gasteiger charge is -2.06. The van der Waals surface area contributed by atoms with Crippen LogP contribution in [0.25, 0.3) is 0 Å². The molecular weight excluding hydrogens is 262 g/mol. The van der Waals surface area contributed by atoms with Crippen LogP contribution in [0, 0.1) is 6.92 Å². The van der Waals surface area contributed by atoms with E-state index in [1.807, 2.05) is 19.1 Å². The molecule has 0 saturated carbocycles. The van der Waals surface area contributed by atoms with Gasteiger partial charge in [0, 0.05) is 13.7 Å². The Morgan fingerprint density at radius 1 is 1.11 bits per heavy atom. The maximum absolute atomic E-state index is 12.0. The zero-order valence-corrected chi connectivity index (χ0v) is 12.5. The van der Waals surface area contributed by atoms with E-state index in [2.05, 4.69) is 5.32 Å². The molecule has 5 heteroatoms. The van der Waals surface area contributed by atoms with Crippen LogP contribution in [0.4, 0.5) is 0 Å². The summed E-state index contributed by atoms with van der Waals surface area (Å²) in [7, 11) is -1.46. The van der Waals surface area contributed by atoms with Gasteiger partial charge in [0.15, 0.2) is 9.84 Å². The Balaban J connectivity index is 2.29. The van der Waals surface area contributed by atoms with Crippen LogP contribution in [0.3, 0.4) is 0 Å². The number of rotatable bonds is 9. The van der Waals surface area contributed by atoms with Crippen LogP contribution in [-0.2, 0) is 14.6 Å². The standard InChI is InChI=1S/C14H23NO3S/c1-13-5-7-14(8-6-13)19(16,17)12-4-3-9-15-10-11-18-2/h5-8,15H,3-4,9-12H2,1-2H3. The summed E-state index contributed by atoms with van der Waals surface area (Å²) < 4.78 is 29.0. The van der Waals surface area contributed by atoms with Gasteiger partial charge in [-0.05, 0) is 38.4 Å². The molecule has 0 unspecified atom stereocenters. The predicted octanol–water partition coefficient (Wildman–Crippen LogP) is 1.78. The first-order valence-electron chi connectivity index (χ1n) is 6.55. The van der Waals surface area contributed by atoms with Gasteiger partial charge >= 0.3 is 0 Å². The van der Waals surface area contributed by atoms with Crippen LogP contribution in [0.15, 0.2) is 29.2 Å². The molecule has 0 heterocycles. The molecule has 0 atom stereocenters. The van der Waals surface area contributed by atoms with Crippen LogP contribution in [-0.4, -0.2) is 41.0 Å². The molecule has 1 aromatic carbocycles. The molecule has 0 bridgehead atoms. The van der Waals surface area contributed by atoms with Gasteiger partial charge in [-0.25, -0.2) is 8.42 Å². The molecule has 0 saturated heterocycles. The van der Waals surface area contributed by atoms with Crippen LogP contribution in [0.5, 0.6) is 0 Å². The Kier molecular flexibility index (Phi) is 7.05. The molecule has 0 spiro atoms. The van der Waals surface area contributed by atoms with Crippen LogP contribution < -0.4 is 5.32 Å². The predicted molar refractivity (Wildman–Crippen MR) is 77.2 cm³/mol. The second-order valence-corrected chi connectivity index (χ2v) is 6.69. The summed E-state index contributed by atoms with van der Waals surface area (Å²) >= 11 is 0. The molecule has 0 radical (unpaired) electrons. The summed E-state index contributed by atoms with van der Waals surface area (Å²) in [5.41, 5.74) is 1.07. The first-order chi connectivity index (χ1) is 9.06. The smallest absolute Gasteiger partial charge is 0.178 e. The number of ether oxygens (including phenoxy) is 1. The topological polar surface area (TPSA) is 55.4 Å². The molecule has 1 N–H and O–H groups in total. The second-order valence-electron chi connectivity index (χ2n) is 4.58. The van der Waals surface area contributed by atoms with E-state index in [4.69, 9.17) is 4.74 Å². The van der Waals surface area contributed by atoms with Gasteiger partial charge in [0.25, 0.3) is 0 Å². The van der Waals surface area contributed by atoms with Gasteiger partial charge in [0.05, 0.1) is 17.3 Å². The Labute approximate surface area is 116 Å². The van der Waals surface area contributed by atoms with E-state index in [0.29, 0.717) is 17.9 Å². The quantitative estimate of drug-likeness (QED) is 0.703. The molecular formula is C14H23NO3S. The van der Waals surface area contributed by atoms with Gasteiger partial charge in [-0.2, -0.15) is 0 Å². The van der Waals surface area contributed by atoms with Gasteiger partial charge in [-0.1, -0.05) is 17.7 Å². The first-order valence-corrected chi connectivity index (χ1v) is 8.20. The van der Waals surface area contributed by atoms with Crippen molar-refractivity contribution in [3.63, 3.8) is 0 Å². The molecule has 0 aliphatic heterocycles. The highest BCUT2D eigenvalue weighted by Crippen LogP contribution is 2.13. The highest BCUT2D eigenvalue weighted by Gasteiger charge is 2.13. The Morgan fingerprint density at radius 3 is 2.42 bits per heavy atom. The number of hydrogen-bond donors (Lipinski definition) is 1. The molecule has 108 valence electrons. The van der Waals surface area contributed by atoms with Crippen molar-refractivity contribution in [3.8, 4) is 0 Å². The molecule has 1 aromatic rings. The number of hydrogen-bond acceptors (Lipinski definition) is 4. The molecule has 0 aliphatic rings. The third kappa shape index (κ3) is 6.18. The van der Waals surface area contributed by atoms with Gasteiger partial charge in [0.1, 0.15) is 0 Å². The average molecular weight is 285 g/mol. The van der Waals surface area contributed by atoms with Gasteiger partial charge in [0.2, 0.25) is 0 Å². The van der Waals surface area contributed by atoms with Crippen LogP contribution >= 0.6 is 0 Å². The fourth-order valence-electron chi connectivity index (χ4n) is 1.70. The summed E-state index contributed by atoms with van der Waals surface area (Å²) in [4.78, 5) is 0.422. The fraction of sp³-hybridized carbons (Fsp3) is 0.571. The molecule has 0 amide bonds. The maximum Gasteiger partial charge on any atom is 0.178 e. The normalized spacial score (nSPS) is 11.7. The van der Waals surface area contributed by atoms with Crippen molar-refractivity contribution in [1.82, 2.24) is 5.32 Å². The minimum Gasteiger partial charge on any atom is -0.383 e. The molecule has 4 nitrogen and oxygen atoms in total. The fourth-order valence-corrected chi connectivity index (χ4v) is 3.08. The lowest BCUT2D eigenvalue weighted by atomic mass is 10.2. The number of unbranched alkanes of at least 4 members (excludes halogenated alkanes) is 1. The van der Waals surface area contributed by atoms with E-state index in [9.17, 15) is 8.42 Å². The summed E-state index contributed by atoms with van der Waals surface area (Å²) in [6.07, 6.45) is 1.53. The van der Waals surface area contributed by atoms with E-state index in [-0.39, 0.29) is 5.75 Å². The highest BCUT2D eigenvalue weighted by molar-refractivity contribution is 7.91. The van der Waals surface area contributed by atoms with Gasteiger partial charge in [-0.3, -0.25) is 0 Å². The van der Waals surface area contributed by atoms with Crippen molar-refractivity contribution < 1.29 is 13.2 Å². The zero-order chi connectivity index (χ0) is 14.1. The maximum atomic E-state index is 12.0. The second kappa shape index (κ2) is 8.30. The SMILES string of the molecule is COCCNCCCCS(=O)(=O)c1ccc(C)cc1. The van der Waals surface area contributed by atoms with Crippen LogP contribution in [0.1, 0.15) is 18.4 Å². The van der Waals surface area contributed by atoms with E-state index in [1.54, 1.807) is 19.2 Å². The van der Waals surface area contributed by atoms with E-state index >= 15 is 0 Å². The Morgan fingerprint density at radius 2 is 1.79 bits per heavy atom. The monoisotopic (exact) mass is 285 g/mol. The van der Waals surface area contributed by atoms with Crippen molar-refractivity contribution >= 4 is 9.84 Å². The van der Waals surface area contributed by atoms with Gasteiger partial charge in [-0.15, -0.1) is 0 Å². The summed E-state index contributed by atoms with van der Waals surface area (Å²) in [6.45, 7) is 4.26. The third-order valence-corrected chi connectivity index (χ3v) is 4.70. The third-order valence-electron chi connectivity index (χ3n) is 2.88. The number of aryl methyl sites for hydroxylation is 1. The lowest BCUT2D eigenvalue weighted by Crippen LogP contribution is -2.20. The summed E-state index contributed by atoms with van der Waals surface area (Å²) in [5, 5.41) is 3.20. The molecule has 0 aromatic heterocycles. The molecule has 19 heavy (non-hydrogen) atoms. The van der Waals surface area contributed by atoms with Crippen molar-refractivity contribution in [2.75, 3.05) is 32.6 Å².